The quantitative estimate of drug-likeness (QED) is 0.0582. The van der Waals surface area contributed by atoms with Crippen LogP contribution >= 0.6 is 0 Å². The Morgan fingerprint density at radius 1 is 0.636 bits per heavy atom. The van der Waals surface area contributed by atoms with Gasteiger partial charge in [-0.05, 0) is 19.3 Å². The van der Waals surface area contributed by atoms with Gasteiger partial charge in [-0.25, -0.2) is 26.7 Å². The second-order valence-electron chi connectivity index (χ2n) is 9.77. The molecule has 9 nitrogen and oxygen atoms in total. The Morgan fingerprint density at radius 3 is 1.45 bits per heavy atom. The predicted molar refractivity (Wildman–Crippen MR) is 152 cm³/mol. The number of rotatable bonds is 30. The van der Waals surface area contributed by atoms with Gasteiger partial charge in [0, 0.05) is 6.61 Å². The summed E-state index contributed by atoms with van der Waals surface area (Å²) in [5.41, 5.74) is -3.68. The molecule has 0 saturated carbocycles. The van der Waals surface area contributed by atoms with Crippen molar-refractivity contribution in [3.63, 3.8) is 0 Å². The second kappa shape index (κ2) is 25.3. The Labute approximate surface area is 256 Å². The van der Waals surface area contributed by atoms with Crippen molar-refractivity contribution in [2.45, 2.75) is 63.1 Å². The molecule has 1 rings (SSSR count). The molecule has 1 aliphatic rings. The lowest BCUT2D eigenvalue weighted by Gasteiger charge is -2.32. The fourth-order valence-electron chi connectivity index (χ4n) is 4.01. The van der Waals surface area contributed by atoms with E-state index >= 15 is 0 Å². The Morgan fingerprint density at radius 2 is 1.02 bits per heavy atom. The monoisotopic (exact) mass is 646 g/mol. The molecule has 0 saturated heterocycles. The second-order valence-corrected chi connectivity index (χ2v) is 9.77. The number of alkyl halides is 1. The summed E-state index contributed by atoms with van der Waals surface area (Å²) >= 11 is 0. The van der Waals surface area contributed by atoms with Gasteiger partial charge in [-0.1, -0.05) is 38.2 Å². The highest BCUT2D eigenvalue weighted by atomic mass is 19.2. The standard InChI is InChI=1S/C30H47F5O9/c1-2-3-4-5-6-7-8-9-10-11-38-12-13-39-14-15-40-16-17-41-18-19-42-20-21-43-22-23-44-30(29(36)37)27(34)25(32)24(31)26(33)28(30)35/h2,27H,1,3-23H2,(H,36,37). The number of unbranched alkanes of at least 4 members (excludes halogenated alkanes) is 7. The van der Waals surface area contributed by atoms with Gasteiger partial charge in [-0.15, -0.1) is 6.58 Å². The lowest BCUT2D eigenvalue weighted by Crippen LogP contribution is -2.53. The Kier molecular flexibility index (Phi) is 23.0. The van der Waals surface area contributed by atoms with E-state index in [0.29, 0.717) is 46.2 Å². The summed E-state index contributed by atoms with van der Waals surface area (Å²) in [6.45, 7) is 6.75. The van der Waals surface area contributed by atoms with Crippen molar-refractivity contribution in [3.05, 3.63) is 36.0 Å². The average Bonchev–Trinajstić information content (AvgIpc) is 3.01. The zero-order chi connectivity index (χ0) is 32.5. The molecule has 0 radical (unpaired) electrons. The smallest absolute Gasteiger partial charge is 0.346 e. The summed E-state index contributed by atoms with van der Waals surface area (Å²) in [7, 11) is 0. The number of carboxylic acids is 1. The largest absolute Gasteiger partial charge is 0.479 e. The molecule has 0 aromatic heterocycles. The van der Waals surface area contributed by atoms with Crippen LogP contribution in [0.5, 0.6) is 0 Å². The van der Waals surface area contributed by atoms with Crippen LogP contribution in [0.15, 0.2) is 36.0 Å². The molecule has 0 amide bonds. The fourth-order valence-corrected chi connectivity index (χ4v) is 4.01. The molecule has 1 N–H and O–H groups in total. The van der Waals surface area contributed by atoms with Gasteiger partial charge in [0.1, 0.15) is 0 Å². The molecule has 44 heavy (non-hydrogen) atoms. The molecule has 0 fully saturated rings. The molecular formula is C30H47F5O9. The first kappa shape index (κ1) is 40.1. The lowest BCUT2D eigenvalue weighted by molar-refractivity contribution is -0.174. The zero-order valence-corrected chi connectivity index (χ0v) is 25.3. The number of carboxylic acid groups (broad SMARTS) is 1. The van der Waals surface area contributed by atoms with Gasteiger partial charge >= 0.3 is 5.97 Å². The molecule has 2 atom stereocenters. The third-order valence-corrected chi connectivity index (χ3v) is 6.43. The third-order valence-electron chi connectivity index (χ3n) is 6.43. The Bertz CT molecular complexity index is 859. The van der Waals surface area contributed by atoms with Crippen LogP contribution in [0.1, 0.15) is 51.4 Å². The van der Waals surface area contributed by atoms with Crippen LogP contribution in [-0.4, -0.2) is 109 Å². The van der Waals surface area contributed by atoms with Crippen LogP contribution in [0, 0.1) is 0 Å². The van der Waals surface area contributed by atoms with Crippen LogP contribution in [-0.2, 0) is 38.0 Å². The maximum atomic E-state index is 14.1. The van der Waals surface area contributed by atoms with E-state index in [9.17, 15) is 26.7 Å². The summed E-state index contributed by atoms with van der Waals surface area (Å²) in [4.78, 5) is 11.4. The van der Waals surface area contributed by atoms with Gasteiger partial charge in [0.2, 0.25) is 6.17 Å². The first-order valence-corrected chi connectivity index (χ1v) is 15.0. The average molecular weight is 647 g/mol. The van der Waals surface area contributed by atoms with E-state index < -0.39 is 47.7 Å². The summed E-state index contributed by atoms with van der Waals surface area (Å²) in [5.74, 6) is -12.1. The Hall–Kier alpha value is -1.94. The molecule has 0 spiro atoms. The van der Waals surface area contributed by atoms with E-state index in [1.54, 1.807) is 0 Å². The number of hydrogen-bond donors (Lipinski definition) is 1. The number of halogens is 5. The van der Waals surface area contributed by atoms with Crippen LogP contribution in [0.2, 0.25) is 0 Å². The van der Waals surface area contributed by atoms with Gasteiger partial charge < -0.3 is 38.3 Å². The minimum absolute atomic E-state index is 0.00314. The van der Waals surface area contributed by atoms with Crippen LogP contribution < -0.4 is 0 Å². The van der Waals surface area contributed by atoms with Crippen molar-refractivity contribution in [2.75, 3.05) is 85.9 Å². The molecule has 0 aliphatic heterocycles. The van der Waals surface area contributed by atoms with Crippen LogP contribution in [0.3, 0.4) is 0 Å². The molecule has 1 aliphatic carbocycles. The first-order valence-electron chi connectivity index (χ1n) is 15.0. The third kappa shape index (κ3) is 15.4. The van der Waals surface area contributed by atoms with E-state index in [4.69, 9.17) is 33.5 Å². The van der Waals surface area contributed by atoms with Gasteiger partial charge in [-0.3, -0.25) is 0 Å². The summed E-state index contributed by atoms with van der Waals surface area (Å²) in [5, 5.41) is 9.14. The summed E-state index contributed by atoms with van der Waals surface area (Å²) in [6.07, 6.45) is 8.29. The van der Waals surface area contributed by atoms with E-state index in [-0.39, 0.29) is 26.4 Å². The highest BCUT2D eigenvalue weighted by molar-refractivity contribution is 5.84. The summed E-state index contributed by atoms with van der Waals surface area (Å²) < 4.78 is 105. The number of hydrogen-bond acceptors (Lipinski definition) is 8. The lowest BCUT2D eigenvalue weighted by atomic mass is 9.89. The normalized spacial score (nSPS) is 18.8. The van der Waals surface area contributed by atoms with Gasteiger partial charge in [0.25, 0.3) is 5.60 Å². The highest BCUT2D eigenvalue weighted by Gasteiger charge is 2.60. The molecule has 0 aromatic carbocycles. The number of aliphatic carboxylic acids is 1. The van der Waals surface area contributed by atoms with E-state index in [1.807, 2.05) is 6.08 Å². The molecule has 0 aromatic rings. The zero-order valence-electron chi connectivity index (χ0n) is 25.3. The number of ether oxygens (including phenoxy) is 7. The van der Waals surface area contributed by atoms with Crippen molar-refractivity contribution in [3.8, 4) is 0 Å². The molecule has 14 heteroatoms. The van der Waals surface area contributed by atoms with Gasteiger partial charge in [0.15, 0.2) is 23.3 Å². The van der Waals surface area contributed by atoms with E-state index in [1.165, 1.54) is 38.5 Å². The molecular weight excluding hydrogens is 599 g/mol. The maximum Gasteiger partial charge on any atom is 0.346 e. The minimum atomic E-state index is -3.68. The molecule has 2 unspecified atom stereocenters. The van der Waals surface area contributed by atoms with Crippen molar-refractivity contribution in [2.24, 2.45) is 0 Å². The summed E-state index contributed by atoms with van der Waals surface area (Å²) in [6, 6.07) is 0. The molecule has 0 heterocycles. The van der Waals surface area contributed by atoms with Crippen molar-refractivity contribution < 1.29 is 65.0 Å². The van der Waals surface area contributed by atoms with Crippen molar-refractivity contribution >= 4 is 5.97 Å². The predicted octanol–water partition coefficient (Wildman–Crippen LogP) is 5.89. The van der Waals surface area contributed by atoms with Crippen LogP contribution in [0.25, 0.3) is 0 Å². The maximum absolute atomic E-state index is 14.1. The SMILES string of the molecule is C=CCCCCCCCCCOCCOCCOCCOCCOCCOCCOC1(C(=O)O)C(F)=C(F)C(F)=C(F)C1F. The van der Waals surface area contributed by atoms with Gasteiger partial charge in [0.05, 0.1) is 79.3 Å². The molecule has 256 valence electrons. The van der Waals surface area contributed by atoms with Gasteiger partial charge in [-0.2, -0.15) is 0 Å². The number of allylic oxidation sites excluding steroid dienone is 3. The topological polar surface area (TPSA) is 102 Å². The number of carbonyl (C=O) groups is 1. The fraction of sp³-hybridized carbons (Fsp3) is 0.767. The van der Waals surface area contributed by atoms with E-state index in [0.717, 1.165) is 19.4 Å². The van der Waals surface area contributed by atoms with Crippen LogP contribution in [0.4, 0.5) is 22.0 Å². The first-order chi connectivity index (χ1) is 21.3. The van der Waals surface area contributed by atoms with Crippen molar-refractivity contribution in [1.82, 2.24) is 0 Å². The molecule has 0 bridgehead atoms. The Balaban J connectivity index is 1.87. The van der Waals surface area contributed by atoms with Crippen molar-refractivity contribution in [1.29, 1.82) is 0 Å². The van der Waals surface area contributed by atoms with E-state index in [2.05, 4.69) is 11.3 Å². The highest BCUT2D eigenvalue weighted by Crippen LogP contribution is 2.44. The minimum Gasteiger partial charge on any atom is -0.479 e.